The molecule has 3 aromatic heterocycles. The highest BCUT2D eigenvalue weighted by molar-refractivity contribution is 5.98. The molecular formula is C93H112F2N18O10. The number of likely N-dealkylation sites (tertiary alicyclic amines) is 3. The number of fused-ring (bicyclic) bond motifs is 6. The summed E-state index contributed by atoms with van der Waals surface area (Å²) in [5.41, 5.74) is 6.71. The molecule has 123 heavy (non-hydrogen) atoms. The van der Waals surface area contributed by atoms with Gasteiger partial charge in [0.15, 0.2) is 0 Å². The Kier molecular flexibility index (Phi) is 25.9. The second kappa shape index (κ2) is 37.5. The van der Waals surface area contributed by atoms with E-state index in [4.69, 9.17) is 48.9 Å². The molecule has 3 amide bonds. The number of rotatable bonds is 23. The van der Waals surface area contributed by atoms with E-state index in [9.17, 15) is 38.5 Å². The Morgan fingerprint density at radius 2 is 0.789 bits per heavy atom. The van der Waals surface area contributed by atoms with Crippen LogP contribution in [0.1, 0.15) is 66.9 Å². The van der Waals surface area contributed by atoms with Gasteiger partial charge in [-0.1, -0.05) is 92.5 Å². The number of hydrogen-bond donors (Lipinski definition) is 3. The zero-order chi connectivity index (χ0) is 85.5. The summed E-state index contributed by atoms with van der Waals surface area (Å²) in [6, 6.07) is 36.1. The zero-order valence-corrected chi connectivity index (χ0v) is 70.8. The summed E-state index contributed by atoms with van der Waals surface area (Å²) in [6.45, 7) is 33.2. The van der Waals surface area contributed by atoms with Crippen molar-refractivity contribution in [2.45, 2.75) is 89.4 Å². The van der Waals surface area contributed by atoms with Gasteiger partial charge in [0.05, 0.1) is 49.4 Å². The Morgan fingerprint density at radius 3 is 1.13 bits per heavy atom. The van der Waals surface area contributed by atoms with Gasteiger partial charge in [-0.25, -0.2) is 8.78 Å². The van der Waals surface area contributed by atoms with Gasteiger partial charge < -0.3 is 83.3 Å². The number of alkyl halides is 2. The fourth-order valence-electron chi connectivity index (χ4n) is 18.6. The highest BCUT2D eigenvalue weighted by atomic mass is 19.1. The maximum Gasteiger partial charge on any atom is 0.318 e. The lowest BCUT2D eigenvalue weighted by molar-refractivity contribution is -0.127. The zero-order valence-electron chi connectivity index (χ0n) is 70.8. The molecule has 12 heterocycles. The molecule has 30 heteroatoms. The molecule has 0 spiro atoms. The van der Waals surface area contributed by atoms with Gasteiger partial charge in [0.25, 0.3) is 0 Å². The number of aromatic hydroxyl groups is 3. The van der Waals surface area contributed by atoms with Gasteiger partial charge in [0, 0.05) is 232 Å². The standard InChI is InChI=1S/C32H40N6O4.C31H37FN6O3.C30H35FN6O3/c1-3-30(40)36-14-16-37(17-15-36)31-27-10-13-38(29-20-24(39)19-23-7-4-5-8-26(23)29)22-28(27)33-32(34-31)42-18-6-11-35-12-9-25(21-35)41-2;1-3-28(40)36-12-14-37(15-13-36)29-25-8-10-38(27-19-23(39)18-22-6-4-5-7-24(22)27)20-26(25)33-30(34-29)41-17-16-35-11-9-31(2,32)21-35;1-3-27(39)35-10-12-36(13-11-35)28-24-8-9-37(26-17-22(38)16-21-6-4-5-7-23(21)26)18-25(24)32-29(33-28)40-15-14-34-19-30(2,31)20-34/h3-5,7-8,19-20,25,39H,1,6,9-18,21-22H2,2H3;3-7,18-19,39H,1,8-17,20-21H2,2H3;3-7,16-17,38H,1,8-15,18-20H2,2H3. The van der Waals surface area contributed by atoms with Crippen molar-refractivity contribution in [2.24, 2.45) is 0 Å². The van der Waals surface area contributed by atoms with Crippen LogP contribution < -0.4 is 43.6 Å². The summed E-state index contributed by atoms with van der Waals surface area (Å²) in [5, 5.41) is 37.6. The van der Waals surface area contributed by atoms with Gasteiger partial charge in [-0.05, 0) is 105 Å². The maximum absolute atomic E-state index is 14.3. The smallest absolute Gasteiger partial charge is 0.318 e. The Labute approximate surface area is 716 Å². The molecule has 6 fully saturated rings. The number of ether oxygens (including phenoxy) is 4. The van der Waals surface area contributed by atoms with Crippen molar-refractivity contribution in [3.8, 4) is 35.3 Å². The average Bonchev–Trinajstić information content (AvgIpc) is 1.58. The largest absolute Gasteiger partial charge is 0.508 e. The normalized spacial score (nSPS) is 19.8. The molecule has 0 saturated carbocycles. The maximum atomic E-state index is 14.3. The number of phenolic OH excluding ortho intramolecular Hbond substituents is 3. The quantitative estimate of drug-likeness (QED) is 0.0397. The van der Waals surface area contributed by atoms with Gasteiger partial charge >= 0.3 is 18.0 Å². The minimum atomic E-state index is -1.15. The van der Waals surface area contributed by atoms with Crippen LogP contribution in [0.15, 0.2) is 147 Å². The first kappa shape index (κ1) is 84.9. The minimum Gasteiger partial charge on any atom is -0.508 e. The van der Waals surface area contributed by atoms with Gasteiger partial charge in [0.2, 0.25) is 17.7 Å². The molecule has 0 radical (unpaired) electrons. The van der Waals surface area contributed by atoms with Crippen LogP contribution in [0.5, 0.6) is 35.3 Å². The molecular weight excluding hydrogens is 1570 g/mol. The first-order valence-electron chi connectivity index (χ1n) is 43.2. The Hall–Kier alpha value is -11.7. The summed E-state index contributed by atoms with van der Waals surface area (Å²) < 4.78 is 52.0. The number of carbonyl (C=O) groups is 3. The molecule has 648 valence electrons. The monoisotopic (exact) mass is 1680 g/mol. The number of halogens is 2. The van der Waals surface area contributed by atoms with Crippen LogP contribution in [0.3, 0.4) is 0 Å². The van der Waals surface area contributed by atoms with E-state index in [-0.39, 0.29) is 35.0 Å². The van der Waals surface area contributed by atoms with Crippen LogP contribution in [0.2, 0.25) is 0 Å². The van der Waals surface area contributed by atoms with Crippen LogP contribution in [-0.2, 0) is 58.0 Å². The molecule has 0 bridgehead atoms. The fraction of sp³-hybridized carbons (Fsp3) is 0.452. The fourth-order valence-corrected chi connectivity index (χ4v) is 18.6. The van der Waals surface area contributed by atoms with Crippen molar-refractivity contribution >= 4 is 84.6 Å². The van der Waals surface area contributed by atoms with E-state index in [1.165, 1.54) is 18.2 Å². The lowest BCUT2D eigenvalue weighted by atomic mass is 9.99. The summed E-state index contributed by atoms with van der Waals surface area (Å²) in [5.74, 6) is 3.18. The number of phenols is 3. The molecule has 6 saturated heterocycles. The number of methoxy groups -OCH3 is 1. The number of anilines is 6. The lowest BCUT2D eigenvalue weighted by Gasteiger charge is -2.42. The highest BCUT2D eigenvalue weighted by Crippen LogP contribution is 2.42. The summed E-state index contributed by atoms with van der Waals surface area (Å²) in [4.78, 5) is 91.1. The third kappa shape index (κ3) is 19.8. The second-order valence-electron chi connectivity index (χ2n) is 33.8. The average molecular weight is 1680 g/mol. The van der Waals surface area contributed by atoms with E-state index in [0.29, 0.717) is 188 Å². The van der Waals surface area contributed by atoms with E-state index in [0.717, 1.165) is 172 Å². The number of nitrogens with zero attached hydrogens (tertiary/aromatic N) is 18. The van der Waals surface area contributed by atoms with E-state index < -0.39 is 11.3 Å². The predicted molar refractivity (Wildman–Crippen MR) is 474 cm³/mol. The molecule has 3 N–H and O–H groups in total. The highest BCUT2D eigenvalue weighted by Gasteiger charge is 2.40. The summed E-state index contributed by atoms with van der Waals surface area (Å²) in [7, 11) is 1.78. The van der Waals surface area contributed by atoms with E-state index in [1.807, 2.05) is 82.6 Å². The Bertz CT molecular complexity index is 5360. The number of aromatic nitrogens is 6. The second-order valence-corrected chi connectivity index (χ2v) is 33.8. The number of hydrogen-bond acceptors (Lipinski definition) is 25. The molecule has 28 nitrogen and oxygen atoms in total. The van der Waals surface area contributed by atoms with Gasteiger partial charge in [0.1, 0.15) is 59.3 Å². The number of piperazine rings is 3. The molecule has 2 unspecified atom stereocenters. The molecule has 9 aromatic rings. The molecule has 9 aliphatic rings. The van der Waals surface area contributed by atoms with Crippen LogP contribution >= 0.6 is 0 Å². The van der Waals surface area contributed by atoms with Crippen molar-refractivity contribution in [2.75, 3.05) is 213 Å². The molecule has 9 aliphatic heterocycles. The van der Waals surface area contributed by atoms with Gasteiger partial charge in [-0.2, -0.15) is 29.9 Å². The van der Waals surface area contributed by atoms with Crippen molar-refractivity contribution < 1.29 is 57.4 Å². The first-order valence-corrected chi connectivity index (χ1v) is 43.2. The van der Waals surface area contributed by atoms with Crippen LogP contribution in [0.25, 0.3) is 32.3 Å². The topological polar surface area (TPSA) is 265 Å². The van der Waals surface area contributed by atoms with Crippen molar-refractivity contribution in [3.63, 3.8) is 0 Å². The minimum absolute atomic E-state index is 0.0350. The molecule has 18 rings (SSSR count). The Balaban J connectivity index is 0.000000137. The molecule has 6 aromatic carbocycles. The third-order valence-corrected chi connectivity index (χ3v) is 25.1. The van der Waals surface area contributed by atoms with Crippen molar-refractivity contribution in [3.05, 3.63) is 181 Å². The third-order valence-electron chi connectivity index (χ3n) is 25.1. The van der Waals surface area contributed by atoms with Gasteiger partial charge in [-0.3, -0.25) is 24.2 Å². The van der Waals surface area contributed by atoms with Crippen molar-refractivity contribution in [1.82, 2.24) is 59.3 Å². The summed E-state index contributed by atoms with van der Waals surface area (Å²) in [6.07, 6.45) is 9.17. The number of amides is 3. The van der Waals surface area contributed by atoms with Crippen LogP contribution in [0, 0.1) is 0 Å². The lowest BCUT2D eigenvalue weighted by Crippen LogP contribution is -2.57. The summed E-state index contributed by atoms with van der Waals surface area (Å²) >= 11 is 0. The molecule has 2 atom stereocenters. The first-order chi connectivity index (χ1) is 59.6. The number of benzene rings is 6. The van der Waals surface area contributed by atoms with E-state index in [2.05, 4.69) is 77.1 Å². The van der Waals surface area contributed by atoms with Crippen molar-refractivity contribution in [1.29, 1.82) is 0 Å². The Morgan fingerprint density at radius 1 is 0.431 bits per heavy atom. The van der Waals surface area contributed by atoms with Crippen LogP contribution in [-0.4, -0.2) is 294 Å². The molecule has 0 aliphatic carbocycles. The van der Waals surface area contributed by atoms with E-state index >= 15 is 0 Å². The van der Waals surface area contributed by atoms with Crippen LogP contribution in [0.4, 0.5) is 43.3 Å². The SMILES string of the molecule is C=CC(=O)N1CCN(c2nc(OCCCN3CCC(OC)C3)nc3c2CCN(c2cc(O)cc4ccccc24)C3)CC1.C=CC(=O)N1CCN(c2nc(OCCN3CC(C)(F)C3)nc3c2CCN(c2cc(O)cc4ccccc24)C3)CC1.C=CC(=O)N1CCN(c2nc(OCCN3CCC(C)(F)C3)nc3c2CCN(c2cc(O)cc4ccccc24)C3)CC1. The number of carbonyl (C=O) groups excluding carboxylic acids is 3. The van der Waals surface area contributed by atoms with Gasteiger partial charge in [-0.15, -0.1) is 0 Å². The predicted octanol–water partition coefficient (Wildman–Crippen LogP) is 9.92. The van der Waals surface area contributed by atoms with E-state index in [1.54, 1.807) is 49.0 Å².